The van der Waals surface area contributed by atoms with Crippen LogP contribution in [0.5, 0.6) is 0 Å². The summed E-state index contributed by atoms with van der Waals surface area (Å²) in [7, 11) is 0. The number of pyridine rings is 1. The van der Waals surface area contributed by atoms with Crippen LogP contribution in [-0.2, 0) is 0 Å². The molecule has 0 aliphatic rings. The van der Waals surface area contributed by atoms with Crippen molar-refractivity contribution in [3.05, 3.63) is 84.9 Å². The molecule has 3 heterocycles. The molecule has 1 N–H and O–H groups in total. The van der Waals surface area contributed by atoms with E-state index in [2.05, 4.69) is 88.4 Å². The van der Waals surface area contributed by atoms with Crippen molar-refractivity contribution in [1.29, 1.82) is 0 Å². The lowest BCUT2D eigenvalue weighted by molar-refractivity contribution is 1.18. The average molecular weight is 333 g/mol. The molecule has 6 rings (SSSR count). The van der Waals surface area contributed by atoms with E-state index in [0.717, 1.165) is 33.3 Å². The summed E-state index contributed by atoms with van der Waals surface area (Å²) < 4.78 is 2.29. The van der Waals surface area contributed by atoms with E-state index in [9.17, 15) is 0 Å². The van der Waals surface area contributed by atoms with Gasteiger partial charge in [0.25, 0.3) is 0 Å². The highest BCUT2D eigenvalue weighted by Gasteiger charge is 2.15. The van der Waals surface area contributed by atoms with Gasteiger partial charge in [0.05, 0.1) is 27.6 Å². The summed E-state index contributed by atoms with van der Waals surface area (Å²) in [4.78, 5) is 8.61. The number of nitrogens with one attached hydrogen (secondary N) is 1. The van der Waals surface area contributed by atoms with Gasteiger partial charge in [0, 0.05) is 22.0 Å². The minimum Gasteiger partial charge on any atom is -0.353 e. The van der Waals surface area contributed by atoms with Crippen LogP contribution in [0, 0.1) is 0 Å². The molecule has 0 saturated heterocycles. The molecular weight excluding hydrogens is 318 g/mol. The fourth-order valence-corrected chi connectivity index (χ4v) is 3.97. The Bertz CT molecular complexity index is 1420. The zero-order valence-corrected chi connectivity index (χ0v) is 14.0. The summed E-state index contributed by atoms with van der Waals surface area (Å²) in [6, 6.07) is 29.5. The Morgan fingerprint density at radius 2 is 1.35 bits per heavy atom. The summed E-state index contributed by atoms with van der Waals surface area (Å²) in [6.45, 7) is 0. The van der Waals surface area contributed by atoms with Gasteiger partial charge < -0.3 is 9.55 Å². The van der Waals surface area contributed by atoms with Crippen LogP contribution in [0.4, 0.5) is 0 Å². The maximum absolute atomic E-state index is 5.09. The Hall–Kier alpha value is -3.59. The van der Waals surface area contributed by atoms with Crippen molar-refractivity contribution in [2.75, 3.05) is 0 Å². The molecule has 0 unspecified atom stereocenters. The number of rotatable bonds is 1. The van der Waals surface area contributed by atoms with Gasteiger partial charge in [0.15, 0.2) is 0 Å². The number of fused-ring (bicyclic) bond motifs is 6. The molecule has 0 atom stereocenters. The number of nitrogens with zero attached hydrogens (tertiary/aromatic N) is 2. The molecule has 0 bridgehead atoms. The Morgan fingerprint density at radius 3 is 2.23 bits per heavy atom. The number of aromatic nitrogens is 3. The van der Waals surface area contributed by atoms with E-state index in [1.807, 2.05) is 6.07 Å². The number of hydrogen-bond acceptors (Lipinski definition) is 1. The molecule has 0 amide bonds. The molecule has 0 aliphatic heterocycles. The SMILES string of the molecule is c1ccc(-n2c3ccccc3c3nc4c(cc32)[nH]c2ccccc24)cc1. The summed E-state index contributed by atoms with van der Waals surface area (Å²) in [6.07, 6.45) is 0. The van der Waals surface area contributed by atoms with Crippen LogP contribution < -0.4 is 0 Å². The van der Waals surface area contributed by atoms with Crippen LogP contribution in [0.25, 0.3) is 49.6 Å². The number of hydrogen-bond donors (Lipinski definition) is 1. The molecule has 0 aliphatic carbocycles. The minimum atomic E-state index is 1.03. The van der Waals surface area contributed by atoms with Gasteiger partial charge in [0.2, 0.25) is 0 Å². The largest absolute Gasteiger partial charge is 0.353 e. The molecule has 0 fully saturated rings. The zero-order valence-electron chi connectivity index (χ0n) is 14.0. The Kier molecular flexibility index (Phi) is 2.61. The molecule has 26 heavy (non-hydrogen) atoms. The summed E-state index contributed by atoms with van der Waals surface area (Å²) in [5.74, 6) is 0. The predicted molar refractivity (Wildman–Crippen MR) is 108 cm³/mol. The van der Waals surface area contributed by atoms with E-state index in [0.29, 0.717) is 0 Å². The molecule has 0 saturated carbocycles. The molecule has 122 valence electrons. The van der Waals surface area contributed by atoms with E-state index in [1.165, 1.54) is 16.3 Å². The van der Waals surface area contributed by atoms with Crippen LogP contribution in [0.15, 0.2) is 84.9 Å². The third-order valence-electron chi connectivity index (χ3n) is 5.11. The second-order valence-corrected chi connectivity index (χ2v) is 6.61. The molecule has 6 aromatic rings. The topological polar surface area (TPSA) is 33.6 Å². The lowest BCUT2D eigenvalue weighted by Crippen LogP contribution is -1.93. The first-order chi connectivity index (χ1) is 12.9. The van der Waals surface area contributed by atoms with Crippen LogP contribution in [-0.4, -0.2) is 14.5 Å². The fourth-order valence-electron chi connectivity index (χ4n) is 3.97. The third-order valence-corrected chi connectivity index (χ3v) is 5.11. The highest BCUT2D eigenvalue weighted by atomic mass is 15.0. The first-order valence-corrected chi connectivity index (χ1v) is 8.76. The third kappa shape index (κ3) is 1.74. The van der Waals surface area contributed by atoms with E-state index >= 15 is 0 Å². The molecule has 3 nitrogen and oxygen atoms in total. The van der Waals surface area contributed by atoms with Crippen LogP contribution in [0.3, 0.4) is 0 Å². The Balaban J connectivity index is 1.85. The standard InChI is InChI=1S/C23H15N3/c1-2-8-15(9-3-1)26-20-13-7-5-11-17(20)23-21(26)14-19-22(25-23)16-10-4-6-12-18(16)24-19/h1-14,24H. The van der Waals surface area contributed by atoms with E-state index < -0.39 is 0 Å². The zero-order chi connectivity index (χ0) is 17.1. The van der Waals surface area contributed by atoms with E-state index in [-0.39, 0.29) is 0 Å². The van der Waals surface area contributed by atoms with Crippen molar-refractivity contribution in [3.63, 3.8) is 0 Å². The minimum absolute atomic E-state index is 1.03. The summed E-state index contributed by atoms with van der Waals surface area (Å²) in [5.41, 5.74) is 7.72. The predicted octanol–water partition coefficient (Wildman–Crippen LogP) is 5.81. The van der Waals surface area contributed by atoms with Crippen molar-refractivity contribution in [3.8, 4) is 5.69 Å². The van der Waals surface area contributed by atoms with Gasteiger partial charge in [-0.05, 0) is 30.3 Å². The van der Waals surface area contributed by atoms with E-state index in [1.54, 1.807) is 0 Å². The monoisotopic (exact) mass is 333 g/mol. The smallest absolute Gasteiger partial charge is 0.0972 e. The molecule has 3 heteroatoms. The first-order valence-electron chi connectivity index (χ1n) is 8.76. The molecule has 0 radical (unpaired) electrons. The maximum atomic E-state index is 5.09. The van der Waals surface area contributed by atoms with Crippen molar-refractivity contribution in [2.45, 2.75) is 0 Å². The van der Waals surface area contributed by atoms with Crippen molar-refractivity contribution >= 4 is 43.9 Å². The first kappa shape index (κ1) is 13.7. The summed E-state index contributed by atoms with van der Waals surface area (Å²) in [5, 5.41) is 2.35. The second-order valence-electron chi connectivity index (χ2n) is 6.61. The molecule has 3 aromatic carbocycles. The lowest BCUT2D eigenvalue weighted by atomic mass is 10.2. The maximum Gasteiger partial charge on any atom is 0.0972 e. The molecular formula is C23H15N3. The van der Waals surface area contributed by atoms with Crippen molar-refractivity contribution in [1.82, 2.24) is 14.5 Å². The number of benzene rings is 3. The molecule has 0 spiro atoms. The van der Waals surface area contributed by atoms with Crippen molar-refractivity contribution in [2.24, 2.45) is 0 Å². The van der Waals surface area contributed by atoms with Gasteiger partial charge in [0.1, 0.15) is 0 Å². The second kappa shape index (κ2) is 4.96. The highest BCUT2D eigenvalue weighted by molar-refractivity contribution is 6.14. The fraction of sp³-hybridized carbons (Fsp3) is 0. The number of aromatic amines is 1. The number of para-hydroxylation sites is 3. The highest BCUT2D eigenvalue weighted by Crippen LogP contribution is 2.34. The van der Waals surface area contributed by atoms with Gasteiger partial charge in [-0.3, -0.25) is 0 Å². The van der Waals surface area contributed by atoms with Gasteiger partial charge in [-0.2, -0.15) is 0 Å². The van der Waals surface area contributed by atoms with E-state index in [4.69, 9.17) is 4.98 Å². The Morgan fingerprint density at radius 1 is 0.615 bits per heavy atom. The quantitative estimate of drug-likeness (QED) is 0.404. The lowest BCUT2D eigenvalue weighted by Gasteiger charge is -2.07. The number of H-pyrrole nitrogens is 1. The average Bonchev–Trinajstić information content (AvgIpc) is 3.22. The van der Waals surface area contributed by atoms with Crippen LogP contribution >= 0.6 is 0 Å². The van der Waals surface area contributed by atoms with Gasteiger partial charge in [-0.15, -0.1) is 0 Å². The Labute approximate surface area is 149 Å². The van der Waals surface area contributed by atoms with Crippen LogP contribution in [0.2, 0.25) is 0 Å². The molecule has 3 aromatic heterocycles. The van der Waals surface area contributed by atoms with Crippen molar-refractivity contribution < 1.29 is 0 Å². The van der Waals surface area contributed by atoms with Gasteiger partial charge >= 0.3 is 0 Å². The normalized spacial score (nSPS) is 11.8. The van der Waals surface area contributed by atoms with Gasteiger partial charge in [-0.1, -0.05) is 54.6 Å². The van der Waals surface area contributed by atoms with Crippen LogP contribution in [0.1, 0.15) is 0 Å². The summed E-state index contributed by atoms with van der Waals surface area (Å²) >= 11 is 0. The van der Waals surface area contributed by atoms with Gasteiger partial charge in [-0.25, -0.2) is 4.98 Å².